The topological polar surface area (TPSA) is 75.7 Å². The molecule has 0 unspecified atom stereocenters. The second-order valence-electron chi connectivity index (χ2n) is 8.52. The van der Waals surface area contributed by atoms with Gasteiger partial charge in [0.2, 0.25) is 5.91 Å². The maximum absolute atomic E-state index is 13.7. The number of rotatable bonds is 9. The number of benzene rings is 2. The van der Waals surface area contributed by atoms with E-state index in [0.717, 1.165) is 17.7 Å². The Balaban J connectivity index is 1.51. The summed E-state index contributed by atoms with van der Waals surface area (Å²) in [5.41, 5.74) is 0.577. The lowest BCUT2D eigenvalue weighted by molar-refractivity contribution is -0.144. The van der Waals surface area contributed by atoms with Crippen molar-refractivity contribution >= 4 is 17.8 Å². The lowest BCUT2D eigenvalue weighted by atomic mass is 9.78. The molecule has 1 fully saturated rings. The first kappa shape index (κ1) is 26.2. The average Bonchev–Trinajstić information content (AvgIpc) is 2.83. The molecule has 188 valence electrons. The summed E-state index contributed by atoms with van der Waals surface area (Å²) in [5, 5.41) is 2.48. The van der Waals surface area contributed by atoms with E-state index in [2.05, 4.69) is 5.32 Å². The summed E-state index contributed by atoms with van der Waals surface area (Å²) in [7, 11) is 0. The number of carbonyl (C=O) groups is 3. The van der Waals surface area contributed by atoms with Gasteiger partial charge in [-0.05, 0) is 61.4 Å². The van der Waals surface area contributed by atoms with Crippen molar-refractivity contribution in [3.8, 4) is 0 Å². The molecule has 1 aliphatic heterocycles. The highest BCUT2D eigenvalue weighted by Gasteiger charge is 2.31. The van der Waals surface area contributed by atoms with Crippen LogP contribution >= 0.6 is 0 Å². The van der Waals surface area contributed by atoms with Crippen LogP contribution in [0, 0.1) is 23.4 Å². The fourth-order valence-electron chi connectivity index (χ4n) is 4.43. The number of hydrogen-bond acceptors (Lipinski definition) is 4. The number of carbonyl (C=O) groups excluding carboxylic acids is 3. The van der Waals surface area contributed by atoms with Gasteiger partial charge in [-0.1, -0.05) is 12.1 Å². The molecule has 2 amide bonds. The molecule has 3 rings (SSSR count). The molecular weight excluding hydrogens is 461 g/mol. The van der Waals surface area contributed by atoms with Crippen LogP contribution in [0.1, 0.15) is 54.4 Å². The Labute approximate surface area is 202 Å². The van der Waals surface area contributed by atoms with Gasteiger partial charge in [-0.15, -0.1) is 0 Å². The zero-order valence-corrected chi connectivity index (χ0v) is 19.6. The number of likely N-dealkylation sites (tertiary alicyclic amines) is 1. The summed E-state index contributed by atoms with van der Waals surface area (Å²) in [4.78, 5) is 38.6. The Morgan fingerprint density at radius 2 is 1.69 bits per heavy atom. The van der Waals surface area contributed by atoms with Crippen molar-refractivity contribution in [2.45, 2.75) is 38.5 Å². The number of ether oxygens (including phenoxy) is 1. The van der Waals surface area contributed by atoms with Crippen LogP contribution in [0.4, 0.5) is 13.2 Å². The van der Waals surface area contributed by atoms with E-state index in [4.69, 9.17) is 4.74 Å². The van der Waals surface area contributed by atoms with Gasteiger partial charge in [0.1, 0.15) is 17.5 Å². The Hall–Kier alpha value is -3.36. The van der Waals surface area contributed by atoms with Gasteiger partial charge in [-0.3, -0.25) is 14.4 Å². The van der Waals surface area contributed by atoms with E-state index >= 15 is 0 Å². The van der Waals surface area contributed by atoms with Crippen LogP contribution in [0.3, 0.4) is 0 Å². The Morgan fingerprint density at radius 3 is 2.31 bits per heavy atom. The Kier molecular flexibility index (Phi) is 9.28. The highest BCUT2D eigenvalue weighted by Crippen LogP contribution is 2.36. The van der Waals surface area contributed by atoms with E-state index in [9.17, 15) is 27.6 Å². The van der Waals surface area contributed by atoms with E-state index in [1.165, 1.54) is 12.1 Å². The summed E-state index contributed by atoms with van der Waals surface area (Å²) in [6, 6.07) is 8.80. The second-order valence-corrected chi connectivity index (χ2v) is 8.52. The molecule has 1 heterocycles. The minimum atomic E-state index is -0.963. The van der Waals surface area contributed by atoms with Crippen molar-refractivity contribution in [1.82, 2.24) is 10.2 Å². The quantitative estimate of drug-likeness (QED) is 0.535. The molecule has 0 spiro atoms. The Bertz CT molecular complexity index is 1040. The summed E-state index contributed by atoms with van der Waals surface area (Å²) in [6.45, 7) is 3.03. The van der Waals surface area contributed by atoms with Crippen LogP contribution < -0.4 is 5.32 Å². The third-order valence-corrected chi connectivity index (χ3v) is 6.25. The van der Waals surface area contributed by atoms with Crippen LogP contribution in [0.5, 0.6) is 0 Å². The zero-order chi connectivity index (χ0) is 25.4. The first-order valence-corrected chi connectivity index (χ1v) is 11.7. The maximum Gasteiger partial charge on any atom is 0.306 e. The third kappa shape index (κ3) is 7.31. The molecule has 1 aliphatic rings. The van der Waals surface area contributed by atoms with Crippen molar-refractivity contribution in [2.24, 2.45) is 5.92 Å². The highest BCUT2D eigenvalue weighted by molar-refractivity contribution is 5.94. The van der Waals surface area contributed by atoms with Crippen LogP contribution in [0.15, 0.2) is 42.5 Å². The first-order chi connectivity index (χ1) is 16.8. The highest BCUT2D eigenvalue weighted by atomic mass is 19.1. The van der Waals surface area contributed by atoms with Crippen LogP contribution in [-0.4, -0.2) is 48.9 Å². The van der Waals surface area contributed by atoms with Crippen molar-refractivity contribution in [3.05, 3.63) is 71.0 Å². The van der Waals surface area contributed by atoms with Crippen LogP contribution in [-0.2, 0) is 14.3 Å². The first-order valence-electron chi connectivity index (χ1n) is 11.7. The fraction of sp³-hybridized carbons (Fsp3) is 0.423. The predicted molar refractivity (Wildman–Crippen MR) is 123 cm³/mol. The van der Waals surface area contributed by atoms with E-state index in [1.54, 1.807) is 24.0 Å². The smallest absolute Gasteiger partial charge is 0.306 e. The molecule has 0 bridgehead atoms. The molecule has 6 nitrogen and oxygen atoms in total. The van der Waals surface area contributed by atoms with Crippen LogP contribution in [0.25, 0.3) is 0 Å². The molecule has 0 radical (unpaired) electrons. The largest absolute Gasteiger partial charge is 0.466 e. The Morgan fingerprint density at radius 1 is 1.03 bits per heavy atom. The number of nitrogens with one attached hydrogen (secondary N) is 1. The minimum Gasteiger partial charge on any atom is -0.466 e. The summed E-state index contributed by atoms with van der Waals surface area (Å²) >= 11 is 0. The van der Waals surface area contributed by atoms with Crippen LogP contribution in [0.2, 0.25) is 0 Å². The van der Waals surface area contributed by atoms with Gasteiger partial charge >= 0.3 is 5.97 Å². The third-order valence-electron chi connectivity index (χ3n) is 6.25. The minimum absolute atomic E-state index is 0.0233. The van der Waals surface area contributed by atoms with Crippen molar-refractivity contribution < 1.29 is 32.3 Å². The van der Waals surface area contributed by atoms with Crippen molar-refractivity contribution in [2.75, 3.05) is 26.2 Å². The van der Waals surface area contributed by atoms with Gasteiger partial charge in [-0.2, -0.15) is 0 Å². The lowest BCUT2D eigenvalue weighted by Crippen LogP contribution is -2.41. The number of piperidine rings is 1. The SMILES string of the molecule is CCOC(=O)C[C@H](c1ccc(F)cc1)C1CCN(C(=O)CCNC(=O)c2ccc(F)cc2F)CC1. The molecule has 2 aromatic rings. The summed E-state index contributed by atoms with van der Waals surface area (Å²) in [5.74, 6) is -3.28. The summed E-state index contributed by atoms with van der Waals surface area (Å²) < 4.78 is 45.2. The number of amides is 2. The molecule has 0 aliphatic carbocycles. The number of halogens is 3. The molecule has 9 heteroatoms. The molecule has 0 aromatic heterocycles. The standard InChI is InChI=1S/C26H29F3N2O4/c1-2-35-25(33)16-22(17-3-5-19(27)6-4-17)18-10-13-31(14-11-18)24(32)9-12-30-26(34)21-8-7-20(28)15-23(21)29/h3-8,15,18,22H,2,9-14,16H2,1H3,(H,30,34)/t22-/m1/s1. The van der Waals surface area contributed by atoms with Crippen molar-refractivity contribution in [1.29, 1.82) is 0 Å². The predicted octanol–water partition coefficient (Wildman–Crippen LogP) is 4.20. The molecule has 35 heavy (non-hydrogen) atoms. The van der Waals surface area contributed by atoms with Gasteiger partial charge in [0.25, 0.3) is 5.91 Å². The van der Waals surface area contributed by atoms with Gasteiger partial charge in [0, 0.05) is 32.1 Å². The zero-order valence-electron chi connectivity index (χ0n) is 19.6. The molecule has 1 N–H and O–H groups in total. The molecule has 1 atom stereocenters. The molecule has 1 saturated heterocycles. The number of nitrogens with zero attached hydrogens (tertiary/aromatic N) is 1. The van der Waals surface area contributed by atoms with E-state index < -0.39 is 17.5 Å². The van der Waals surface area contributed by atoms with E-state index in [1.807, 2.05) is 0 Å². The second kappa shape index (κ2) is 12.4. The van der Waals surface area contributed by atoms with E-state index in [0.29, 0.717) is 32.0 Å². The van der Waals surface area contributed by atoms with Crippen molar-refractivity contribution in [3.63, 3.8) is 0 Å². The molecular formula is C26H29F3N2O4. The van der Waals surface area contributed by atoms with E-state index in [-0.39, 0.29) is 61.1 Å². The lowest BCUT2D eigenvalue weighted by Gasteiger charge is -2.36. The molecule has 2 aromatic carbocycles. The van der Waals surface area contributed by atoms with Gasteiger partial charge in [0.15, 0.2) is 0 Å². The fourth-order valence-corrected chi connectivity index (χ4v) is 4.43. The molecule has 0 saturated carbocycles. The van der Waals surface area contributed by atoms with Gasteiger partial charge in [-0.25, -0.2) is 13.2 Å². The normalized spacial score (nSPS) is 14.9. The number of esters is 1. The number of hydrogen-bond donors (Lipinski definition) is 1. The summed E-state index contributed by atoms with van der Waals surface area (Å²) in [6.07, 6.45) is 1.56. The van der Waals surface area contributed by atoms with Gasteiger partial charge < -0.3 is 15.0 Å². The monoisotopic (exact) mass is 490 g/mol. The van der Waals surface area contributed by atoms with Gasteiger partial charge in [0.05, 0.1) is 18.6 Å². The average molecular weight is 491 g/mol. The maximum atomic E-state index is 13.7.